The highest BCUT2D eigenvalue weighted by molar-refractivity contribution is 5.74. The number of rotatable bonds is 5. The Morgan fingerprint density at radius 2 is 2.07 bits per heavy atom. The van der Waals surface area contributed by atoms with Crippen molar-refractivity contribution in [3.8, 4) is 0 Å². The molecule has 0 aliphatic carbocycles. The summed E-state index contributed by atoms with van der Waals surface area (Å²) in [4.78, 5) is 10.4. The quantitative estimate of drug-likeness (QED) is 0.766. The third kappa shape index (κ3) is 3.58. The van der Waals surface area contributed by atoms with Crippen LogP contribution in [0.2, 0.25) is 0 Å². The Morgan fingerprint density at radius 1 is 1.43 bits per heavy atom. The lowest BCUT2D eigenvalue weighted by atomic mass is 10.0. The van der Waals surface area contributed by atoms with Crippen molar-refractivity contribution in [2.24, 2.45) is 5.73 Å². The standard InChI is InChI=1S/C11H15NO2/c1-9(7-14-8-11(12)13)10-5-3-2-4-6-10/h2-6,9H,7-8H2,1H3,(H2,12,13)/t9-/m1/s1. The lowest BCUT2D eigenvalue weighted by Crippen LogP contribution is -2.19. The molecule has 0 spiro atoms. The second-order valence-corrected chi connectivity index (χ2v) is 3.29. The first-order valence-corrected chi connectivity index (χ1v) is 4.61. The van der Waals surface area contributed by atoms with Crippen molar-refractivity contribution in [2.75, 3.05) is 13.2 Å². The Balaban J connectivity index is 2.36. The minimum absolute atomic E-state index is 0.00280. The van der Waals surface area contributed by atoms with Gasteiger partial charge in [0.05, 0.1) is 6.61 Å². The lowest BCUT2D eigenvalue weighted by molar-refractivity contribution is -0.122. The van der Waals surface area contributed by atoms with Crippen molar-refractivity contribution >= 4 is 5.91 Å². The Morgan fingerprint density at radius 3 is 2.64 bits per heavy atom. The molecular formula is C11H15NO2. The number of nitrogens with two attached hydrogens (primary N) is 1. The van der Waals surface area contributed by atoms with Gasteiger partial charge in [-0.05, 0) is 5.56 Å². The van der Waals surface area contributed by atoms with E-state index in [2.05, 4.69) is 6.92 Å². The zero-order valence-electron chi connectivity index (χ0n) is 8.27. The fraction of sp³-hybridized carbons (Fsp3) is 0.364. The third-order valence-electron chi connectivity index (χ3n) is 1.98. The number of carbonyl (C=O) groups excluding carboxylic acids is 1. The van der Waals surface area contributed by atoms with Crippen molar-refractivity contribution in [3.05, 3.63) is 35.9 Å². The summed E-state index contributed by atoms with van der Waals surface area (Å²) < 4.78 is 5.14. The second-order valence-electron chi connectivity index (χ2n) is 3.29. The van der Waals surface area contributed by atoms with Gasteiger partial charge in [-0.2, -0.15) is 0 Å². The first kappa shape index (κ1) is 10.7. The maximum absolute atomic E-state index is 10.4. The van der Waals surface area contributed by atoms with Crippen LogP contribution < -0.4 is 5.73 Å². The minimum atomic E-state index is -0.426. The van der Waals surface area contributed by atoms with E-state index >= 15 is 0 Å². The monoisotopic (exact) mass is 193 g/mol. The zero-order valence-corrected chi connectivity index (χ0v) is 8.27. The van der Waals surface area contributed by atoms with Crippen molar-refractivity contribution in [2.45, 2.75) is 12.8 Å². The fourth-order valence-corrected chi connectivity index (χ4v) is 1.21. The Kier molecular flexibility index (Phi) is 4.13. The van der Waals surface area contributed by atoms with E-state index in [0.717, 1.165) is 0 Å². The number of benzene rings is 1. The number of ether oxygens (including phenoxy) is 1. The molecule has 1 atom stereocenters. The molecule has 0 aliphatic heterocycles. The predicted octanol–water partition coefficient (Wildman–Crippen LogP) is 1.29. The predicted molar refractivity (Wildman–Crippen MR) is 54.9 cm³/mol. The van der Waals surface area contributed by atoms with E-state index in [9.17, 15) is 4.79 Å². The highest BCUT2D eigenvalue weighted by Crippen LogP contribution is 2.14. The molecule has 1 rings (SSSR count). The van der Waals surface area contributed by atoms with Crippen molar-refractivity contribution in [1.29, 1.82) is 0 Å². The summed E-state index contributed by atoms with van der Waals surface area (Å²) >= 11 is 0. The van der Waals surface area contributed by atoms with E-state index in [1.165, 1.54) is 5.56 Å². The summed E-state index contributed by atoms with van der Waals surface area (Å²) in [5.41, 5.74) is 6.16. The molecule has 14 heavy (non-hydrogen) atoms. The number of amides is 1. The van der Waals surface area contributed by atoms with Crippen LogP contribution in [0.15, 0.2) is 30.3 Å². The van der Waals surface area contributed by atoms with Gasteiger partial charge in [-0.1, -0.05) is 37.3 Å². The minimum Gasteiger partial charge on any atom is -0.371 e. The molecule has 0 aliphatic rings. The van der Waals surface area contributed by atoms with Crippen LogP contribution in [0.25, 0.3) is 0 Å². The summed E-state index contributed by atoms with van der Waals surface area (Å²) in [5, 5.41) is 0. The molecule has 0 heterocycles. The smallest absolute Gasteiger partial charge is 0.243 e. The second kappa shape index (κ2) is 5.40. The number of primary amides is 1. The molecule has 3 nitrogen and oxygen atoms in total. The normalized spacial score (nSPS) is 12.4. The van der Waals surface area contributed by atoms with Gasteiger partial charge in [0.25, 0.3) is 0 Å². The van der Waals surface area contributed by atoms with Crippen LogP contribution in [0.1, 0.15) is 18.4 Å². The third-order valence-corrected chi connectivity index (χ3v) is 1.98. The number of carbonyl (C=O) groups is 1. The van der Waals surface area contributed by atoms with Crippen molar-refractivity contribution in [3.63, 3.8) is 0 Å². The van der Waals surface area contributed by atoms with Gasteiger partial charge < -0.3 is 10.5 Å². The maximum Gasteiger partial charge on any atom is 0.243 e. The van der Waals surface area contributed by atoms with Gasteiger partial charge >= 0.3 is 0 Å². The van der Waals surface area contributed by atoms with E-state index in [0.29, 0.717) is 6.61 Å². The first-order valence-electron chi connectivity index (χ1n) is 4.61. The molecule has 0 bridgehead atoms. The first-order chi connectivity index (χ1) is 6.70. The summed E-state index contributed by atoms with van der Waals surface area (Å²) in [6.45, 7) is 2.57. The van der Waals surface area contributed by atoms with Gasteiger partial charge in [0.2, 0.25) is 5.91 Å². The van der Waals surface area contributed by atoms with Gasteiger partial charge in [-0.25, -0.2) is 0 Å². The van der Waals surface area contributed by atoms with Gasteiger partial charge in [0, 0.05) is 5.92 Å². The Labute approximate surface area is 83.9 Å². The lowest BCUT2D eigenvalue weighted by Gasteiger charge is -2.11. The van der Waals surface area contributed by atoms with E-state index in [1.807, 2.05) is 30.3 Å². The summed E-state index contributed by atoms with van der Waals surface area (Å²) in [6, 6.07) is 10.0. The Bertz CT molecular complexity index is 285. The van der Waals surface area contributed by atoms with E-state index in [-0.39, 0.29) is 12.5 Å². The van der Waals surface area contributed by atoms with Crippen LogP contribution in [0.3, 0.4) is 0 Å². The molecule has 76 valence electrons. The topological polar surface area (TPSA) is 52.3 Å². The van der Waals surface area contributed by atoms with Crippen LogP contribution in [-0.4, -0.2) is 19.1 Å². The molecule has 2 N–H and O–H groups in total. The average Bonchev–Trinajstić information content (AvgIpc) is 2.18. The molecule has 3 heteroatoms. The number of hydrogen-bond acceptors (Lipinski definition) is 2. The van der Waals surface area contributed by atoms with Gasteiger partial charge in [0.1, 0.15) is 6.61 Å². The molecule has 0 aromatic heterocycles. The van der Waals surface area contributed by atoms with Crippen molar-refractivity contribution < 1.29 is 9.53 Å². The fourth-order valence-electron chi connectivity index (χ4n) is 1.21. The maximum atomic E-state index is 10.4. The molecule has 1 aromatic rings. The SMILES string of the molecule is C[C@H](COCC(N)=O)c1ccccc1. The molecule has 0 saturated carbocycles. The summed E-state index contributed by atoms with van der Waals surface area (Å²) in [7, 11) is 0. The van der Waals surface area contributed by atoms with Crippen LogP contribution in [-0.2, 0) is 9.53 Å². The van der Waals surface area contributed by atoms with E-state index in [1.54, 1.807) is 0 Å². The number of hydrogen-bond donors (Lipinski definition) is 1. The molecule has 0 fully saturated rings. The molecule has 1 amide bonds. The van der Waals surface area contributed by atoms with Crippen LogP contribution in [0, 0.1) is 0 Å². The van der Waals surface area contributed by atoms with Crippen LogP contribution >= 0.6 is 0 Å². The molecule has 0 radical (unpaired) electrons. The highest BCUT2D eigenvalue weighted by atomic mass is 16.5. The molecular weight excluding hydrogens is 178 g/mol. The van der Waals surface area contributed by atoms with Gasteiger partial charge in [-0.3, -0.25) is 4.79 Å². The van der Waals surface area contributed by atoms with E-state index in [4.69, 9.17) is 10.5 Å². The highest BCUT2D eigenvalue weighted by Gasteiger charge is 2.05. The van der Waals surface area contributed by atoms with Gasteiger partial charge in [0.15, 0.2) is 0 Å². The largest absolute Gasteiger partial charge is 0.371 e. The Hall–Kier alpha value is -1.35. The summed E-state index contributed by atoms with van der Waals surface area (Å²) in [5.74, 6) is -0.138. The average molecular weight is 193 g/mol. The molecule has 0 unspecified atom stereocenters. The van der Waals surface area contributed by atoms with Crippen LogP contribution in [0.4, 0.5) is 0 Å². The van der Waals surface area contributed by atoms with Gasteiger partial charge in [-0.15, -0.1) is 0 Å². The molecule has 1 aromatic carbocycles. The zero-order chi connectivity index (χ0) is 10.4. The summed E-state index contributed by atoms with van der Waals surface area (Å²) in [6.07, 6.45) is 0. The van der Waals surface area contributed by atoms with E-state index < -0.39 is 5.91 Å². The van der Waals surface area contributed by atoms with Crippen molar-refractivity contribution in [1.82, 2.24) is 0 Å². The molecule has 0 saturated heterocycles. The van der Waals surface area contributed by atoms with Crippen LogP contribution in [0.5, 0.6) is 0 Å².